The number of amides is 1. The zero-order valence-electron chi connectivity index (χ0n) is 13.5. The summed E-state index contributed by atoms with van der Waals surface area (Å²) in [6.07, 6.45) is 1.97. The number of nitrogens with zero attached hydrogens (tertiary/aromatic N) is 2. The molecule has 0 aromatic heterocycles. The van der Waals surface area contributed by atoms with Crippen molar-refractivity contribution >= 4 is 11.6 Å². The summed E-state index contributed by atoms with van der Waals surface area (Å²) in [6, 6.07) is 4.83. The molecule has 0 saturated carbocycles. The predicted octanol–water partition coefficient (Wildman–Crippen LogP) is 3.15. The zero-order valence-corrected chi connectivity index (χ0v) is 13.5. The van der Waals surface area contributed by atoms with Gasteiger partial charge in [-0.1, -0.05) is 5.92 Å². The topological polar surface area (TPSA) is 23.6 Å². The van der Waals surface area contributed by atoms with Gasteiger partial charge >= 0.3 is 6.18 Å². The van der Waals surface area contributed by atoms with Crippen LogP contribution in [0.4, 0.5) is 18.9 Å². The lowest BCUT2D eigenvalue weighted by Crippen LogP contribution is -2.47. The molecule has 2 bridgehead atoms. The number of halogens is 3. The van der Waals surface area contributed by atoms with Gasteiger partial charge in [-0.3, -0.25) is 9.69 Å². The molecule has 0 N–H and O–H groups in total. The molecule has 128 valence electrons. The van der Waals surface area contributed by atoms with E-state index >= 15 is 0 Å². The SMILES string of the molecule is C#C[C@H]1[C@H]2C[C@H](CN(c3ccc(C(F)(F)F)cc3)C2=O)N1C(C)C. The number of hydrogen-bond donors (Lipinski definition) is 0. The first-order valence-corrected chi connectivity index (χ1v) is 7.96. The third-order valence-electron chi connectivity index (χ3n) is 4.90. The van der Waals surface area contributed by atoms with Crippen molar-refractivity contribution in [3.05, 3.63) is 29.8 Å². The molecule has 2 heterocycles. The Kier molecular flexibility index (Phi) is 4.08. The van der Waals surface area contributed by atoms with Crippen LogP contribution in [0.15, 0.2) is 24.3 Å². The number of piperidine rings is 1. The Labute approximate surface area is 139 Å². The maximum atomic E-state index is 12.8. The average Bonchev–Trinajstić information content (AvgIpc) is 2.84. The normalized spacial score (nSPS) is 27.6. The van der Waals surface area contributed by atoms with Crippen LogP contribution in [0.1, 0.15) is 25.8 Å². The fourth-order valence-corrected chi connectivity index (χ4v) is 3.89. The van der Waals surface area contributed by atoms with Gasteiger partial charge in [0.2, 0.25) is 5.91 Å². The van der Waals surface area contributed by atoms with Crippen LogP contribution in [0.5, 0.6) is 0 Å². The monoisotopic (exact) mass is 336 g/mol. The highest BCUT2D eigenvalue weighted by Gasteiger charge is 2.51. The van der Waals surface area contributed by atoms with E-state index in [2.05, 4.69) is 10.8 Å². The van der Waals surface area contributed by atoms with Crippen molar-refractivity contribution in [3.8, 4) is 12.3 Å². The third kappa shape index (κ3) is 2.67. The van der Waals surface area contributed by atoms with E-state index in [0.29, 0.717) is 18.7 Å². The lowest BCUT2D eigenvalue weighted by molar-refractivity contribution is -0.137. The lowest BCUT2D eigenvalue weighted by Gasteiger charge is -2.34. The number of fused-ring (bicyclic) bond motifs is 2. The van der Waals surface area contributed by atoms with Gasteiger partial charge < -0.3 is 4.90 Å². The van der Waals surface area contributed by atoms with E-state index in [1.807, 2.05) is 13.8 Å². The van der Waals surface area contributed by atoms with E-state index in [1.165, 1.54) is 12.1 Å². The number of hydrogen-bond acceptors (Lipinski definition) is 2. The molecule has 3 rings (SSSR count). The van der Waals surface area contributed by atoms with Crippen LogP contribution in [-0.4, -0.2) is 35.5 Å². The van der Waals surface area contributed by atoms with Gasteiger partial charge in [0.25, 0.3) is 0 Å². The minimum absolute atomic E-state index is 0.0999. The third-order valence-corrected chi connectivity index (χ3v) is 4.90. The van der Waals surface area contributed by atoms with Crippen molar-refractivity contribution in [2.75, 3.05) is 11.4 Å². The van der Waals surface area contributed by atoms with Crippen LogP contribution in [0.3, 0.4) is 0 Å². The van der Waals surface area contributed by atoms with E-state index in [1.54, 1.807) is 4.90 Å². The van der Waals surface area contributed by atoms with Crippen LogP contribution in [-0.2, 0) is 11.0 Å². The van der Waals surface area contributed by atoms with Gasteiger partial charge in [-0.2, -0.15) is 13.2 Å². The predicted molar refractivity (Wildman–Crippen MR) is 85.3 cm³/mol. The molecule has 6 heteroatoms. The number of alkyl halides is 3. The van der Waals surface area contributed by atoms with E-state index in [9.17, 15) is 18.0 Å². The summed E-state index contributed by atoms with van der Waals surface area (Å²) in [5, 5.41) is 0. The molecule has 0 radical (unpaired) electrons. The molecular weight excluding hydrogens is 317 g/mol. The molecule has 0 unspecified atom stereocenters. The van der Waals surface area contributed by atoms with E-state index in [-0.39, 0.29) is 30.0 Å². The molecular formula is C18H19F3N2O. The van der Waals surface area contributed by atoms with Crippen molar-refractivity contribution in [2.24, 2.45) is 5.92 Å². The Morgan fingerprint density at radius 3 is 2.38 bits per heavy atom. The highest BCUT2D eigenvalue weighted by molar-refractivity contribution is 5.97. The number of rotatable bonds is 2. The Hall–Kier alpha value is -2.00. The molecule has 3 atom stereocenters. The maximum Gasteiger partial charge on any atom is 0.416 e. The number of carbonyl (C=O) groups excluding carboxylic acids is 1. The van der Waals surface area contributed by atoms with Crippen LogP contribution in [0, 0.1) is 18.3 Å². The van der Waals surface area contributed by atoms with Crippen LogP contribution >= 0.6 is 0 Å². The Balaban J connectivity index is 1.89. The summed E-state index contributed by atoms with van der Waals surface area (Å²) in [5.74, 6) is 2.33. The molecule has 2 fully saturated rings. The molecule has 1 aromatic carbocycles. The average molecular weight is 336 g/mol. The molecule has 1 amide bonds. The van der Waals surface area contributed by atoms with Gasteiger partial charge in [-0.15, -0.1) is 6.42 Å². The Morgan fingerprint density at radius 1 is 1.25 bits per heavy atom. The largest absolute Gasteiger partial charge is 0.416 e. The minimum Gasteiger partial charge on any atom is -0.311 e. The van der Waals surface area contributed by atoms with Gasteiger partial charge in [0.15, 0.2) is 0 Å². The Bertz CT molecular complexity index is 675. The molecule has 3 nitrogen and oxygen atoms in total. The van der Waals surface area contributed by atoms with Gasteiger partial charge in [-0.25, -0.2) is 0 Å². The highest BCUT2D eigenvalue weighted by atomic mass is 19.4. The summed E-state index contributed by atoms with van der Waals surface area (Å²) in [7, 11) is 0. The van der Waals surface area contributed by atoms with Gasteiger partial charge in [0.1, 0.15) is 0 Å². The van der Waals surface area contributed by atoms with Gasteiger partial charge in [-0.05, 0) is 44.5 Å². The number of carbonyl (C=O) groups is 1. The summed E-state index contributed by atoms with van der Waals surface area (Å²) in [6.45, 7) is 4.53. The van der Waals surface area contributed by atoms with Crippen molar-refractivity contribution in [1.29, 1.82) is 0 Å². The minimum atomic E-state index is -4.38. The first-order valence-electron chi connectivity index (χ1n) is 7.96. The quantitative estimate of drug-likeness (QED) is 0.775. The summed E-state index contributed by atoms with van der Waals surface area (Å²) in [5.41, 5.74) is -0.229. The first kappa shape index (κ1) is 16.8. The lowest BCUT2D eigenvalue weighted by atomic mass is 9.93. The van der Waals surface area contributed by atoms with Gasteiger partial charge in [0.05, 0.1) is 17.5 Å². The fourth-order valence-electron chi connectivity index (χ4n) is 3.89. The molecule has 2 aliphatic rings. The van der Waals surface area contributed by atoms with E-state index in [0.717, 1.165) is 12.1 Å². The second-order valence-electron chi connectivity index (χ2n) is 6.64. The van der Waals surface area contributed by atoms with Gasteiger partial charge in [0, 0.05) is 24.3 Å². The number of likely N-dealkylation sites (tertiary alicyclic amines) is 1. The second-order valence-corrected chi connectivity index (χ2v) is 6.64. The number of benzene rings is 1. The molecule has 24 heavy (non-hydrogen) atoms. The second kappa shape index (κ2) is 5.82. The van der Waals surface area contributed by atoms with Crippen LogP contribution in [0.2, 0.25) is 0 Å². The fraction of sp³-hybridized carbons (Fsp3) is 0.500. The van der Waals surface area contributed by atoms with E-state index < -0.39 is 11.7 Å². The summed E-state index contributed by atoms with van der Waals surface area (Å²) >= 11 is 0. The molecule has 2 aliphatic heterocycles. The molecule has 1 aromatic rings. The molecule has 0 spiro atoms. The number of anilines is 1. The van der Waals surface area contributed by atoms with Crippen molar-refractivity contribution in [1.82, 2.24) is 4.90 Å². The highest BCUT2D eigenvalue weighted by Crippen LogP contribution is 2.39. The maximum absolute atomic E-state index is 12.8. The molecule has 0 aliphatic carbocycles. The van der Waals surface area contributed by atoms with Crippen molar-refractivity contribution in [3.63, 3.8) is 0 Å². The smallest absolute Gasteiger partial charge is 0.311 e. The summed E-state index contributed by atoms with van der Waals surface area (Å²) < 4.78 is 38.1. The standard InChI is InChI=1S/C18H19F3N2O/c1-4-16-15-9-14(23(16)11(2)3)10-22(17(15)24)13-7-5-12(6-8-13)18(19,20)21/h1,5-8,11,14-16H,9-10H2,2-3H3/t14-,15-,16+/m1/s1. The first-order chi connectivity index (χ1) is 11.2. The summed E-state index contributed by atoms with van der Waals surface area (Å²) in [4.78, 5) is 16.5. The molecule has 2 saturated heterocycles. The van der Waals surface area contributed by atoms with E-state index in [4.69, 9.17) is 6.42 Å². The van der Waals surface area contributed by atoms with Crippen molar-refractivity contribution in [2.45, 2.75) is 44.6 Å². The number of terminal acetylenes is 1. The zero-order chi connectivity index (χ0) is 17.6. The van der Waals surface area contributed by atoms with Crippen molar-refractivity contribution < 1.29 is 18.0 Å². The Morgan fingerprint density at radius 2 is 1.88 bits per heavy atom. The van der Waals surface area contributed by atoms with Crippen LogP contribution in [0.25, 0.3) is 0 Å². The van der Waals surface area contributed by atoms with Crippen LogP contribution < -0.4 is 4.90 Å².